The van der Waals surface area contributed by atoms with E-state index in [1.165, 1.54) is 18.4 Å². The maximum atomic E-state index is 13.0. The highest BCUT2D eigenvalue weighted by Crippen LogP contribution is 2.50. The zero-order valence-electron chi connectivity index (χ0n) is 14.5. The fourth-order valence-corrected chi connectivity index (χ4v) is 3.44. The largest absolute Gasteiger partial charge is 0.508 e. The van der Waals surface area contributed by atoms with Crippen molar-refractivity contribution in [3.8, 4) is 34.1 Å². The third-order valence-electron chi connectivity index (χ3n) is 5.24. The summed E-state index contributed by atoms with van der Waals surface area (Å²) in [4.78, 5) is 13.0. The topological polar surface area (TPSA) is 100 Å². The molecule has 3 aromatic rings. The van der Waals surface area contributed by atoms with E-state index in [4.69, 9.17) is 9.15 Å². The van der Waals surface area contributed by atoms with Crippen LogP contribution in [0.15, 0.2) is 39.7 Å². The molecule has 0 bridgehead atoms. The fraction of sp³-hybridized carbons (Fsp3) is 0.250. The predicted molar refractivity (Wildman–Crippen MR) is 96.0 cm³/mol. The molecule has 1 aliphatic heterocycles. The van der Waals surface area contributed by atoms with Gasteiger partial charge in [-0.15, -0.1) is 0 Å². The van der Waals surface area contributed by atoms with Crippen molar-refractivity contribution >= 4 is 11.0 Å². The summed E-state index contributed by atoms with van der Waals surface area (Å²) in [5.74, 6) is -0.0452. The van der Waals surface area contributed by atoms with Gasteiger partial charge >= 0.3 is 0 Å². The lowest BCUT2D eigenvalue weighted by Crippen LogP contribution is -2.29. The summed E-state index contributed by atoms with van der Waals surface area (Å²) >= 11 is 0. The van der Waals surface area contributed by atoms with Gasteiger partial charge in [0.2, 0.25) is 5.43 Å². The number of fused-ring (bicyclic) bond motifs is 2. The van der Waals surface area contributed by atoms with Gasteiger partial charge in [0.05, 0.1) is 5.56 Å². The number of rotatable bonds is 1. The van der Waals surface area contributed by atoms with Crippen LogP contribution in [0.25, 0.3) is 22.1 Å². The van der Waals surface area contributed by atoms with E-state index in [9.17, 15) is 20.1 Å². The number of hydrogen-bond acceptors (Lipinski definition) is 6. The minimum atomic E-state index is -0.475. The predicted octanol–water partition coefficient (Wildman–Crippen LogP) is 3.64. The van der Waals surface area contributed by atoms with Crippen LogP contribution in [-0.4, -0.2) is 21.4 Å². The van der Waals surface area contributed by atoms with Crippen LogP contribution in [0.1, 0.15) is 26.3 Å². The van der Waals surface area contributed by atoms with Gasteiger partial charge in [-0.2, -0.15) is 0 Å². The van der Waals surface area contributed by atoms with Crippen molar-refractivity contribution in [2.75, 3.05) is 0 Å². The third kappa shape index (κ3) is 2.08. The highest BCUT2D eigenvalue weighted by molar-refractivity contribution is 5.91. The average molecular weight is 354 g/mol. The van der Waals surface area contributed by atoms with Gasteiger partial charge in [0, 0.05) is 28.7 Å². The Morgan fingerprint density at radius 3 is 2.50 bits per heavy atom. The molecule has 0 radical (unpaired) electrons. The van der Waals surface area contributed by atoms with Gasteiger partial charge in [-0.05, 0) is 19.1 Å². The van der Waals surface area contributed by atoms with Crippen LogP contribution in [0, 0.1) is 0 Å². The molecule has 1 aliphatic rings. The van der Waals surface area contributed by atoms with Gasteiger partial charge in [0.1, 0.15) is 46.3 Å². The van der Waals surface area contributed by atoms with Crippen LogP contribution < -0.4 is 10.2 Å². The quantitative estimate of drug-likeness (QED) is 0.617. The molecule has 1 atom stereocenters. The number of hydrogen-bond donors (Lipinski definition) is 3. The second kappa shape index (κ2) is 5.17. The Morgan fingerprint density at radius 2 is 1.81 bits per heavy atom. The molecule has 0 spiro atoms. The first-order valence-electron chi connectivity index (χ1n) is 8.22. The smallest absolute Gasteiger partial charge is 0.204 e. The highest BCUT2D eigenvalue weighted by Gasteiger charge is 2.42. The first kappa shape index (κ1) is 16.3. The Bertz CT molecular complexity index is 1110. The van der Waals surface area contributed by atoms with Gasteiger partial charge in [0.15, 0.2) is 0 Å². The van der Waals surface area contributed by atoms with Gasteiger partial charge in [-0.1, -0.05) is 13.8 Å². The number of aromatic hydroxyl groups is 3. The van der Waals surface area contributed by atoms with Crippen molar-refractivity contribution in [3.05, 3.63) is 46.3 Å². The maximum absolute atomic E-state index is 13.0. The Kier molecular flexibility index (Phi) is 3.25. The molecule has 0 aliphatic carbocycles. The molecule has 4 rings (SSSR count). The molecule has 2 aromatic carbocycles. The van der Waals surface area contributed by atoms with Crippen molar-refractivity contribution in [2.24, 2.45) is 0 Å². The van der Waals surface area contributed by atoms with Crippen molar-refractivity contribution in [1.82, 2.24) is 0 Å². The first-order valence-corrected chi connectivity index (χ1v) is 8.22. The number of benzene rings is 2. The monoisotopic (exact) mass is 354 g/mol. The maximum Gasteiger partial charge on any atom is 0.204 e. The van der Waals surface area contributed by atoms with E-state index in [1.54, 1.807) is 6.07 Å². The molecule has 134 valence electrons. The summed E-state index contributed by atoms with van der Waals surface area (Å²) < 4.78 is 11.4. The summed E-state index contributed by atoms with van der Waals surface area (Å²) in [6.07, 6.45) is 1.06. The van der Waals surface area contributed by atoms with Crippen molar-refractivity contribution < 1.29 is 24.5 Å². The molecule has 0 saturated carbocycles. The van der Waals surface area contributed by atoms with E-state index in [1.807, 2.05) is 20.8 Å². The SMILES string of the molecule is CC1Oc2cc3occ(-c4ccc(O)cc4O)c(=O)c3c(O)c2C1(C)C. The summed E-state index contributed by atoms with van der Waals surface area (Å²) in [5, 5.41) is 30.4. The van der Waals surface area contributed by atoms with Crippen LogP contribution in [0.3, 0.4) is 0 Å². The Hall–Kier alpha value is -3.15. The Balaban J connectivity index is 2.04. The first-order chi connectivity index (χ1) is 12.2. The number of phenols is 3. The van der Waals surface area contributed by atoms with Crippen molar-refractivity contribution in [3.63, 3.8) is 0 Å². The molecule has 26 heavy (non-hydrogen) atoms. The molecule has 6 heteroatoms. The van der Waals surface area contributed by atoms with Crippen LogP contribution in [0.5, 0.6) is 23.0 Å². The average Bonchev–Trinajstić information content (AvgIpc) is 2.78. The zero-order chi connectivity index (χ0) is 18.8. The van der Waals surface area contributed by atoms with Gasteiger partial charge < -0.3 is 24.5 Å². The lowest BCUT2D eigenvalue weighted by molar-refractivity contribution is 0.185. The minimum absolute atomic E-state index is 0.0412. The molecular weight excluding hydrogens is 336 g/mol. The van der Waals surface area contributed by atoms with Crippen LogP contribution in [-0.2, 0) is 5.41 Å². The van der Waals surface area contributed by atoms with E-state index in [2.05, 4.69) is 0 Å². The molecule has 0 saturated heterocycles. The van der Waals surface area contributed by atoms with Gasteiger partial charge in [-0.25, -0.2) is 0 Å². The molecule has 0 fully saturated rings. The van der Waals surface area contributed by atoms with E-state index in [0.29, 0.717) is 11.3 Å². The third-order valence-corrected chi connectivity index (χ3v) is 5.24. The van der Waals surface area contributed by atoms with Crippen LogP contribution in [0.2, 0.25) is 0 Å². The molecule has 3 N–H and O–H groups in total. The molecule has 1 unspecified atom stereocenters. The summed E-state index contributed by atoms with van der Waals surface area (Å²) in [6.45, 7) is 5.78. The van der Waals surface area contributed by atoms with E-state index in [-0.39, 0.29) is 45.4 Å². The summed E-state index contributed by atoms with van der Waals surface area (Å²) in [6, 6.07) is 5.53. The molecule has 1 aromatic heterocycles. The number of ether oxygens (including phenoxy) is 1. The molecule has 0 amide bonds. The number of phenolic OH excluding ortho intramolecular Hbond substituents is 3. The van der Waals surface area contributed by atoms with E-state index < -0.39 is 10.8 Å². The van der Waals surface area contributed by atoms with Gasteiger partial charge in [0.25, 0.3) is 0 Å². The van der Waals surface area contributed by atoms with Gasteiger partial charge in [-0.3, -0.25) is 4.79 Å². The normalized spacial score (nSPS) is 17.9. The van der Waals surface area contributed by atoms with Crippen molar-refractivity contribution in [2.45, 2.75) is 32.3 Å². The second-order valence-corrected chi connectivity index (χ2v) is 7.13. The fourth-order valence-electron chi connectivity index (χ4n) is 3.44. The Morgan fingerprint density at radius 1 is 1.08 bits per heavy atom. The Labute approximate surface area is 148 Å². The van der Waals surface area contributed by atoms with E-state index >= 15 is 0 Å². The standard InChI is InChI=1S/C20H18O6/c1-9-20(2,3)17-15(26-9)7-14-16(19(17)24)18(23)12(8-25-14)11-5-4-10(21)6-13(11)22/h4-9,21-22,24H,1-3H3. The summed E-state index contributed by atoms with van der Waals surface area (Å²) in [5.41, 5.74) is 0.131. The second-order valence-electron chi connectivity index (χ2n) is 7.13. The van der Waals surface area contributed by atoms with E-state index in [0.717, 1.165) is 6.07 Å². The van der Waals surface area contributed by atoms with Crippen LogP contribution >= 0.6 is 0 Å². The highest BCUT2D eigenvalue weighted by atomic mass is 16.5. The zero-order valence-corrected chi connectivity index (χ0v) is 14.5. The minimum Gasteiger partial charge on any atom is -0.508 e. The molecular formula is C20H18O6. The molecule has 2 heterocycles. The summed E-state index contributed by atoms with van der Waals surface area (Å²) in [7, 11) is 0. The molecule has 6 nitrogen and oxygen atoms in total. The lowest BCUT2D eigenvalue weighted by Gasteiger charge is -2.22. The lowest BCUT2D eigenvalue weighted by atomic mass is 9.80. The van der Waals surface area contributed by atoms with Crippen LogP contribution in [0.4, 0.5) is 0 Å². The van der Waals surface area contributed by atoms with Crippen molar-refractivity contribution in [1.29, 1.82) is 0 Å².